The lowest BCUT2D eigenvalue weighted by molar-refractivity contribution is -0.136. The predicted molar refractivity (Wildman–Crippen MR) is 59.4 cm³/mol. The van der Waals surface area contributed by atoms with E-state index in [0.29, 0.717) is 18.9 Å². The number of rotatable bonds is 4. The van der Waals surface area contributed by atoms with Crippen molar-refractivity contribution in [3.63, 3.8) is 0 Å². The SMILES string of the molecule is O=C(O)Cc1ncc2c(n1)CN(CCO)CC2. The first kappa shape index (κ1) is 11.9. The Balaban J connectivity index is 2.14. The Morgan fingerprint density at radius 1 is 1.53 bits per heavy atom. The molecule has 1 aromatic heterocycles. The number of aliphatic hydroxyl groups is 1. The number of aliphatic carboxylic acids is 1. The van der Waals surface area contributed by atoms with E-state index < -0.39 is 5.97 Å². The molecular weight excluding hydrogens is 222 g/mol. The molecule has 0 saturated carbocycles. The molecule has 0 radical (unpaired) electrons. The second kappa shape index (κ2) is 5.20. The van der Waals surface area contributed by atoms with Crippen molar-refractivity contribution in [2.45, 2.75) is 19.4 Å². The van der Waals surface area contributed by atoms with Crippen molar-refractivity contribution >= 4 is 5.97 Å². The van der Waals surface area contributed by atoms with Crippen LogP contribution in [0.4, 0.5) is 0 Å². The van der Waals surface area contributed by atoms with Crippen LogP contribution in [0.25, 0.3) is 0 Å². The van der Waals surface area contributed by atoms with Gasteiger partial charge in [-0.3, -0.25) is 9.69 Å². The van der Waals surface area contributed by atoms with E-state index in [0.717, 1.165) is 24.2 Å². The summed E-state index contributed by atoms with van der Waals surface area (Å²) in [5, 5.41) is 17.6. The summed E-state index contributed by atoms with van der Waals surface area (Å²) in [4.78, 5) is 21.0. The summed E-state index contributed by atoms with van der Waals surface area (Å²) in [5.74, 6) is -0.574. The van der Waals surface area contributed by atoms with Crippen molar-refractivity contribution in [2.75, 3.05) is 19.7 Å². The fourth-order valence-corrected chi connectivity index (χ4v) is 1.95. The molecule has 1 aliphatic heterocycles. The molecule has 6 heteroatoms. The third kappa shape index (κ3) is 2.98. The van der Waals surface area contributed by atoms with Gasteiger partial charge in [-0.2, -0.15) is 0 Å². The molecule has 0 atom stereocenters. The zero-order chi connectivity index (χ0) is 12.3. The van der Waals surface area contributed by atoms with Crippen molar-refractivity contribution < 1.29 is 15.0 Å². The number of β-amino-alcohol motifs (C(OH)–C–C–N with tert-alkyl or cyclic N) is 1. The molecule has 0 fully saturated rings. The molecule has 2 N–H and O–H groups in total. The fourth-order valence-electron chi connectivity index (χ4n) is 1.95. The average Bonchev–Trinajstić information content (AvgIpc) is 2.28. The summed E-state index contributed by atoms with van der Waals surface area (Å²) >= 11 is 0. The monoisotopic (exact) mass is 237 g/mol. The van der Waals surface area contributed by atoms with Crippen LogP contribution in [0.1, 0.15) is 17.1 Å². The molecule has 0 aliphatic carbocycles. The minimum atomic E-state index is -0.923. The second-order valence-corrected chi connectivity index (χ2v) is 4.08. The molecule has 0 unspecified atom stereocenters. The van der Waals surface area contributed by atoms with Gasteiger partial charge in [0.25, 0.3) is 0 Å². The van der Waals surface area contributed by atoms with Gasteiger partial charge >= 0.3 is 5.97 Å². The predicted octanol–water partition coefficient (Wildman–Crippen LogP) is -0.546. The molecule has 0 saturated heterocycles. The largest absolute Gasteiger partial charge is 0.481 e. The van der Waals surface area contributed by atoms with E-state index >= 15 is 0 Å². The lowest BCUT2D eigenvalue weighted by Crippen LogP contribution is -2.33. The minimum Gasteiger partial charge on any atom is -0.481 e. The molecule has 6 nitrogen and oxygen atoms in total. The summed E-state index contributed by atoms with van der Waals surface area (Å²) < 4.78 is 0. The molecule has 0 bridgehead atoms. The second-order valence-electron chi connectivity index (χ2n) is 4.08. The Morgan fingerprint density at radius 2 is 2.35 bits per heavy atom. The van der Waals surface area contributed by atoms with Crippen molar-refractivity contribution in [1.82, 2.24) is 14.9 Å². The number of aromatic nitrogens is 2. The molecule has 1 aliphatic rings. The van der Waals surface area contributed by atoms with Gasteiger partial charge in [0.1, 0.15) is 12.2 Å². The molecule has 0 spiro atoms. The van der Waals surface area contributed by atoms with Crippen LogP contribution in [0.15, 0.2) is 6.20 Å². The molecule has 2 heterocycles. The summed E-state index contributed by atoms with van der Waals surface area (Å²) in [6.45, 7) is 2.29. The maximum atomic E-state index is 10.6. The number of hydrogen-bond acceptors (Lipinski definition) is 5. The van der Waals surface area contributed by atoms with Crippen molar-refractivity contribution in [1.29, 1.82) is 0 Å². The maximum Gasteiger partial charge on any atom is 0.311 e. The highest BCUT2D eigenvalue weighted by atomic mass is 16.4. The van der Waals surface area contributed by atoms with Gasteiger partial charge in [0.05, 0.1) is 12.3 Å². The fraction of sp³-hybridized carbons (Fsp3) is 0.545. The molecule has 92 valence electrons. The molecular formula is C11H15N3O3. The van der Waals surface area contributed by atoms with Gasteiger partial charge in [-0.15, -0.1) is 0 Å². The Labute approximate surface area is 98.9 Å². The maximum absolute atomic E-state index is 10.6. The van der Waals surface area contributed by atoms with E-state index in [9.17, 15) is 4.79 Å². The third-order valence-corrected chi connectivity index (χ3v) is 2.80. The number of hydrogen-bond donors (Lipinski definition) is 2. The van der Waals surface area contributed by atoms with E-state index in [-0.39, 0.29) is 13.0 Å². The Kier molecular flexibility index (Phi) is 3.65. The van der Waals surface area contributed by atoms with Gasteiger partial charge in [0, 0.05) is 25.8 Å². The molecule has 2 rings (SSSR count). The topological polar surface area (TPSA) is 86.5 Å². The van der Waals surface area contributed by atoms with Crippen LogP contribution in [0, 0.1) is 0 Å². The van der Waals surface area contributed by atoms with E-state index in [1.807, 2.05) is 0 Å². The molecule has 0 aromatic carbocycles. The minimum absolute atomic E-state index is 0.127. The van der Waals surface area contributed by atoms with Gasteiger partial charge in [-0.1, -0.05) is 0 Å². The van der Waals surface area contributed by atoms with Crippen LogP contribution in [-0.4, -0.2) is 50.7 Å². The standard InChI is InChI=1S/C11H15N3O3/c15-4-3-14-2-1-8-6-12-10(5-11(16)17)13-9(8)7-14/h6,15H,1-5,7H2,(H,16,17). The Bertz CT molecular complexity index is 422. The Hall–Kier alpha value is -1.53. The molecule has 17 heavy (non-hydrogen) atoms. The number of carbonyl (C=O) groups is 1. The van der Waals surface area contributed by atoms with Crippen LogP contribution < -0.4 is 0 Å². The quantitative estimate of drug-likeness (QED) is 0.731. The first-order valence-corrected chi connectivity index (χ1v) is 5.57. The van der Waals surface area contributed by atoms with Gasteiger partial charge in [0.15, 0.2) is 0 Å². The van der Waals surface area contributed by atoms with Crippen molar-refractivity contribution in [3.8, 4) is 0 Å². The van der Waals surface area contributed by atoms with Crippen molar-refractivity contribution in [3.05, 3.63) is 23.3 Å². The van der Waals surface area contributed by atoms with Gasteiger partial charge in [-0.05, 0) is 12.0 Å². The third-order valence-electron chi connectivity index (χ3n) is 2.80. The highest BCUT2D eigenvalue weighted by Gasteiger charge is 2.18. The van der Waals surface area contributed by atoms with Gasteiger partial charge in [0.2, 0.25) is 0 Å². The number of nitrogens with zero attached hydrogens (tertiary/aromatic N) is 3. The van der Waals surface area contributed by atoms with E-state index in [4.69, 9.17) is 10.2 Å². The number of aliphatic hydroxyl groups excluding tert-OH is 1. The zero-order valence-electron chi connectivity index (χ0n) is 9.46. The van der Waals surface area contributed by atoms with Gasteiger partial charge in [-0.25, -0.2) is 9.97 Å². The van der Waals surface area contributed by atoms with Crippen LogP contribution in [0.3, 0.4) is 0 Å². The first-order valence-electron chi connectivity index (χ1n) is 5.57. The number of carboxylic acids is 1. The van der Waals surface area contributed by atoms with E-state index in [1.54, 1.807) is 6.20 Å². The van der Waals surface area contributed by atoms with E-state index in [1.165, 1.54) is 0 Å². The lowest BCUT2D eigenvalue weighted by Gasteiger charge is -2.27. The zero-order valence-corrected chi connectivity index (χ0v) is 9.46. The van der Waals surface area contributed by atoms with Crippen LogP contribution in [0.2, 0.25) is 0 Å². The highest BCUT2D eigenvalue weighted by molar-refractivity contribution is 5.68. The summed E-state index contributed by atoms with van der Waals surface area (Å²) in [5.41, 5.74) is 1.96. The smallest absolute Gasteiger partial charge is 0.311 e. The summed E-state index contributed by atoms with van der Waals surface area (Å²) in [6, 6.07) is 0. The van der Waals surface area contributed by atoms with E-state index in [2.05, 4.69) is 14.9 Å². The van der Waals surface area contributed by atoms with Crippen LogP contribution >= 0.6 is 0 Å². The number of carboxylic acid groups (broad SMARTS) is 1. The Morgan fingerprint density at radius 3 is 3.06 bits per heavy atom. The van der Waals surface area contributed by atoms with Crippen LogP contribution in [-0.2, 0) is 24.2 Å². The highest BCUT2D eigenvalue weighted by Crippen LogP contribution is 2.15. The summed E-state index contributed by atoms with van der Waals surface area (Å²) in [6.07, 6.45) is 2.42. The van der Waals surface area contributed by atoms with Crippen LogP contribution in [0.5, 0.6) is 0 Å². The average molecular weight is 237 g/mol. The summed E-state index contributed by atoms with van der Waals surface area (Å²) in [7, 11) is 0. The normalized spacial score (nSPS) is 15.6. The molecule has 1 aromatic rings. The van der Waals surface area contributed by atoms with Crippen molar-refractivity contribution in [2.24, 2.45) is 0 Å². The van der Waals surface area contributed by atoms with Gasteiger partial charge < -0.3 is 10.2 Å². The number of fused-ring (bicyclic) bond motifs is 1. The first-order chi connectivity index (χ1) is 8.19. The lowest BCUT2D eigenvalue weighted by atomic mass is 10.1. The molecule has 0 amide bonds.